The molecule has 0 atom stereocenters. The summed E-state index contributed by atoms with van der Waals surface area (Å²) < 4.78 is 31.2. The molecule has 0 radical (unpaired) electrons. The van der Waals surface area contributed by atoms with E-state index in [4.69, 9.17) is 4.52 Å². The number of nitrogens with zero attached hydrogens (tertiary/aromatic N) is 3. The van der Waals surface area contributed by atoms with Crippen molar-refractivity contribution in [1.29, 1.82) is 0 Å². The third-order valence-corrected chi connectivity index (χ3v) is 4.39. The Morgan fingerprint density at radius 1 is 1.00 bits per heavy atom. The Morgan fingerprint density at radius 3 is 2.52 bits per heavy atom. The fourth-order valence-electron chi connectivity index (χ4n) is 2.35. The molecule has 1 N–H and O–H groups in total. The van der Waals surface area contributed by atoms with Crippen LogP contribution in [-0.2, 0) is 0 Å². The first kappa shape index (κ1) is 17.0. The number of hydrogen-bond donors (Lipinski definition) is 1. The van der Waals surface area contributed by atoms with Crippen LogP contribution in [0.5, 0.6) is 0 Å². The minimum atomic E-state index is -0.469. The standard InChI is InChI=1S/C18H10F2N4O2S/c19-11-3-1-10(2-4-11)16-13(8-22-26-16)17(25)24-18-23-15(9-27-18)14-6-5-12(20)7-21-14/h1-9H,(H,23,24,25). The van der Waals surface area contributed by atoms with E-state index in [0.29, 0.717) is 22.1 Å². The normalized spacial score (nSPS) is 10.7. The summed E-state index contributed by atoms with van der Waals surface area (Å²) in [5, 5.41) is 8.35. The van der Waals surface area contributed by atoms with Crippen LogP contribution in [0.1, 0.15) is 10.4 Å². The highest BCUT2D eigenvalue weighted by atomic mass is 32.1. The number of hydrogen-bond acceptors (Lipinski definition) is 6. The third kappa shape index (κ3) is 3.58. The second-order valence-electron chi connectivity index (χ2n) is 5.43. The fourth-order valence-corrected chi connectivity index (χ4v) is 3.05. The number of carbonyl (C=O) groups excluding carboxylic acids is 1. The van der Waals surface area contributed by atoms with Gasteiger partial charge in [-0.2, -0.15) is 0 Å². The van der Waals surface area contributed by atoms with Crippen LogP contribution in [-0.4, -0.2) is 21.0 Å². The lowest BCUT2D eigenvalue weighted by Gasteiger charge is -2.02. The lowest BCUT2D eigenvalue weighted by atomic mass is 10.1. The Balaban J connectivity index is 1.55. The Labute approximate surface area is 155 Å². The van der Waals surface area contributed by atoms with Crippen LogP contribution in [0.2, 0.25) is 0 Å². The molecular formula is C18H10F2N4O2S. The predicted molar refractivity (Wildman–Crippen MR) is 95.2 cm³/mol. The molecule has 9 heteroatoms. The van der Waals surface area contributed by atoms with Crippen molar-refractivity contribution in [2.75, 3.05) is 5.32 Å². The van der Waals surface area contributed by atoms with Crippen molar-refractivity contribution in [3.8, 4) is 22.7 Å². The molecular weight excluding hydrogens is 374 g/mol. The topological polar surface area (TPSA) is 80.9 Å². The average Bonchev–Trinajstić information content (AvgIpc) is 3.33. The lowest BCUT2D eigenvalue weighted by Crippen LogP contribution is -2.11. The largest absolute Gasteiger partial charge is 0.355 e. The summed E-state index contributed by atoms with van der Waals surface area (Å²) in [7, 11) is 0. The van der Waals surface area contributed by atoms with E-state index in [1.165, 1.54) is 53.9 Å². The molecule has 134 valence electrons. The van der Waals surface area contributed by atoms with E-state index in [0.717, 1.165) is 6.20 Å². The highest BCUT2D eigenvalue weighted by molar-refractivity contribution is 7.14. The van der Waals surface area contributed by atoms with Crippen molar-refractivity contribution in [3.63, 3.8) is 0 Å². The van der Waals surface area contributed by atoms with Gasteiger partial charge in [-0.25, -0.2) is 13.8 Å². The number of carbonyl (C=O) groups is 1. The van der Waals surface area contributed by atoms with Crippen LogP contribution in [0.25, 0.3) is 22.7 Å². The predicted octanol–water partition coefficient (Wildman–Crippen LogP) is 4.39. The number of pyridine rings is 1. The van der Waals surface area contributed by atoms with Crippen molar-refractivity contribution in [3.05, 3.63) is 71.4 Å². The molecule has 0 saturated heterocycles. The minimum absolute atomic E-state index is 0.193. The first-order valence-corrected chi connectivity index (χ1v) is 8.57. The number of amides is 1. The van der Waals surface area contributed by atoms with E-state index in [-0.39, 0.29) is 11.3 Å². The Hall–Kier alpha value is -3.46. The Morgan fingerprint density at radius 2 is 1.78 bits per heavy atom. The summed E-state index contributed by atoms with van der Waals surface area (Å²) in [5.41, 5.74) is 1.72. The number of nitrogens with one attached hydrogen (secondary N) is 1. The van der Waals surface area contributed by atoms with Crippen molar-refractivity contribution in [2.24, 2.45) is 0 Å². The third-order valence-electron chi connectivity index (χ3n) is 3.64. The van der Waals surface area contributed by atoms with E-state index < -0.39 is 17.5 Å². The second-order valence-corrected chi connectivity index (χ2v) is 6.29. The van der Waals surface area contributed by atoms with E-state index in [9.17, 15) is 13.6 Å². The zero-order valence-electron chi connectivity index (χ0n) is 13.5. The van der Waals surface area contributed by atoms with Gasteiger partial charge >= 0.3 is 0 Å². The molecule has 0 aliphatic carbocycles. The van der Waals surface area contributed by atoms with Crippen LogP contribution < -0.4 is 5.32 Å². The number of halogens is 2. The number of benzene rings is 1. The number of anilines is 1. The lowest BCUT2D eigenvalue weighted by molar-refractivity contribution is 0.102. The number of aromatic nitrogens is 3. The number of rotatable bonds is 4. The van der Waals surface area contributed by atoms with Gasteiger partial charge in [-0.3, -0.25) is 15.1 Å². The maximum Gasteiger partial charge on any atom is 0.263 e. The summed E-state index contributed by atoms with van der Waals surface area (Å²) in [5.74, 6) is -1.08. The molecule has 4 aromatic rings. The summed E-state index contributed by atoms with van der Waals surface area (Å²) in [4.78, 5) is 20.8. The summed E-state index contributed by atoms with van der Waals surface area (Å²) in [6, 6.07) is 8.31. The molecule has 0 spiro atoms. The van der Waals surface area contributed by atoms with Gasteiger partial charge in [0.15, 0.2) is 10.9 Å². The molecule has 1 aromatic carbocycles. The smallest absolute Gasteiger partial charge is 0.263 e. The van der Waals surface area contributed by atoms with E-state index in [1.807, 2.05) is 0 Å². The monoisotopic (exact) mass is 384 g/mol. The quantitative estimate of drug-likeness (QED) is 0.564. The maximum atomic E-state index is 13.1. The molecule has 1 amide bonds. The van der Waals surface area contributed by atoms with Crippen LogP contribution in [0.4, 0.5) is 13.9 Å². The highest BCUT2D eigenvalue weighted by Gasteiger charge is 2.19. The van der Waals surface area contributed by atoms with Crippen molar-refractivity contribution in [2.45, 2.75) is 0 Å². The van der Waals surface area contributed by atoms with Gasteiger partial charge in [0.25, 0.3) is 5.91 Å². The van der Waals surface area contributed by atoms with Gasteiger partial charge in [0.05, 0.1) is 18.1 Å². The Kier molecular flexibility index (Phi) is 4.43. The molecule has 0 unspecified atom stereocenters. The molecule has 3 heterocycles. The van der Waals surface area contributed by atoms with Crippen molar-refractivity contribution in [1.82, 2.24) is 15.1 Å². The SMILES string of the molecule is O=C(Nc1nc(-c2ccc(F)cn2)cs1)c1cnoc1-c1ccc(F)cc1. The molecule has 0 saturated carbocycles. The van der Waals surface area contributed by atoms with Crippen LogP contribution in [0.15, 0.2) is 58.7 Å². The van der Waals surface area contributed by atoms with Crippen molar-refractivity contribution < 1.29 is 18.1 Å². The Bertz CT molecular complexity index is 1090. The maximum absolute atomic E-state index is 13.1. The van der Waals surface area contributed by atoms with E-state index in [2.05, 4.69) is 20.4 Å². The van der Waals surface area contributed by atoms with Crippen LogP contribution in [0.3, 0.4) is 0 Å². The molecule has 0 bridgehead atoms. The van der Waals surface area contributed by atoms with Gasteiger partial charge < -0.3 is 4.52 Å². The van der Waals surface area contributed by atoms with Gasteiger partial charge in [-0.15, -0.1) is 11.3 Å². The molecule has 4 rings (SSSR count). The molecule has 6 nitrogen and oxygen atoms in total. The zero-order valence-corrected chi connectivity index (χ0v) is 14.3. The zero-order chi connectivity index (χ0) is 18.8. The van der Waals surface area contributed by atoms with Gasteiger partial charge in [-0.1, -0.05) is 5.16 Å². The summed E-state index contributed by atoms with van der Waals surface area (Å²) in [6.45, 7) is 0. The van der Waals surface area contributed by atoms with Gasteiger partial charge in [0.1, 0.15) is 22.9 Å². The number of thiazole rings is 1. The van der Waals surface area contributed by atoms with Crippen LogP contribution in [0, 0.1) is 11.6 Å². The first-order chi connectivity index (χ1) is 13.1. The van der Waals surface area contributed by atoms with E-state index >= 15 is 0 Å². The average molecular weight is 384 g/mol. The molecule has 0 aliphatic rings. The van der Waals surface area contributed by atoms with E-state index in [1.54, 1.807) is 5.38 Å². The fraction of sp³-hybridized carbons (Fsp3) is 0. The minimum Gasteiger partial charge on any atom is -0.355 e. The molecule has 0 aliphatic heterocycles. The molecule has 3 aromatic heterocycles. The highest BCUT2D eigenvalue weighted by Crippen LogP contribution is 2.27. The van der Waals surface area contributed by atoms with Gasteiger partial charge in [0, 0.05) is 10.9 Å². The molecule has 27 heavy (non-hydrogen) atoms. The summed E-state index contributed by atoms with van der Waals surface area (Å²) in [6.07, 6.45) is 2.38. The summed E-state index contributed by atoms with van der Waals surface area (Å²) >= 11 is 1.20. The van der Waals surface area contributed by atoms with Gasteiger partial charge in [-0.05, 0) is 36.4 Å². The van der Waals surface area contributed by atoms with Crippen molar-refractivity contribution >= 4 is 22.4 Å². The van der Waals surface area contributed by atoms with Gasteiger partial charge in [0.2, 0.25) is 0 Å². The molecule has 0 fully saturated rings. The first-order valence-electron chi connectivity index (χ1n) is 7.69. The second kappa shape index (κ2) is 7.04. The van der Waals surface area contributed by atoms with Crippen LogP contribution >= 0.6 is 11.3 Å².